The summed E-state index contributed by atoms with van der Waals surface area (Å²) in [5.74, 6) is -0.318. The van der Waals surface area contributed by atoms with Crippen LogP contribution in [0.15, 0.2) is 24.3 Å². The van der Waals surface area contributed by atoms with Crippen molar-refractivity contribution < 1.29 is 9.90 Å². The summed E-state index contributed by atoms with van der Waals surface area (Å²) in [6.07, 6.45) is 6.61. The normalized spacial score (nSPS) is 18.2. The molecule has 2 rings (SSSR count). The van der Waals surface area contributed by atoms with Gasteiger partial charge in [0.1, 0.15) is 0 Å². The van der Waals surface area contributed by atoms with Gasteiger partial charge in [0.05, 0.1) is 5.92 Å². The van der Waals surface area contributed by atoms with Gasteiger partial charge in [0.25, 0.3) is 0 Å². The number of hydrogen-bond donors (Lipinski definition) is 1. The number of rotatable bonds is 4. The summed E-state index contributed by atoms with van der Waals surface area (Å²) in [6.45, 7) is 1.73. The molecule has 1 aromatic carbocycles. The minimum Gasteiger partial charge on any atom is -0.481 e. The molecule has 1 fully saturated rings. The minimum atomic E-state index is -0.756. The van der Waals surface area contributed by atoms with E-state index in [1.54, 1.807) is 6.92 Å². The molecule has 1 N–H and O–H groups in total. The third kappa shape index (κ3) is 3.09. The van der Waals surface area contributed by atoms with Crippen LogP contribution in [0.1, 0.15) is 49.7 Å². The first-order valence-corrected chi connectivity index (χ1v) is 6.48. The highest BCUT2D eigenvalue weighted by atomic mass is 16.4. The van der Waals surface area contributed by atoms with Crippen molar-refractivity contribution in [3.63, 3.8) is 0 Å². The maximum absolute atomic E-state index is 10.9. The molecule has 1 aromatic rings. The number of hydrogen-bond acceptors (Lipinski definition) is 1. The van der Waals surface area contributed by atoms with E-state index >= 15 is 0 Å². The van der Waals surface area contributed by atoms with Crippen molar-refractivity contribution in [1.82, 2.24) is 0 Å². The van der Waals surface area contributed by atoms with Crippen molar-refractivity contribution >= 4 is 5.97 Å². The van der Waals surface area contributed by atoms with Gasteiger partial charge in [0.15, 0.2) is 0 Å². The van der Waals surface area contributed by atoms with Crippen molar-refractivity contribution in [2.45, 2.75) is 44.9 Å². The van der Waals surface area contributed by atoms with Gasteiger partial charge in [-0.2, -0.15) is 0 Å². The highest BCUT2D eigenvalue weighted by Gasteiger charge is 2.16. The predicted molar refractivity (Wildman–Crippen MR) is 68.2 cm³/mol. The molecule has 2 heteroatoms. The Labute approximate surface area is 103 Å². The van der Waals surface area contributed by atoms with Crippen LogP contribution in [0.3, 0.4) is 0 Å². The molecule has 0 aliphatic heterocycles. The van der Waals surface area contributed by atoms with E-state index < -0.39 is 11.9 Å². The second-order valence-electron chi connectivity index (χ2n) is 5.16. The SMILES string of the molecule is CC(C(=O)O)c1ccc(CC2CCCC2)cc1. The van der Waals surface area contributed by atoms with Crippen LogP contribution in [0.5, 0.6) is 0 Å². The van der Waals surface area contributed by atoms with Gasteiger partial charge in [-0.15, -0.1) is 0 Å². The van der Waals surface area contributed by atoms with Crippen LogP contribution in [-0.4, -0.2) is 11.1 Å². The fourth-order valence-corrected chi connectivity index (χ4v) is 2.63. The van der Waals surface area contributed by atoms with E-state index in [0.29, 0.717) is 0 Å². The minimum absolute atomic E-state index is 0.407. The van der Waals surface area contributed by atoms with Crippen LogP contribution in [0.2, 0.25) is 0 Å². The van der Waals surface area contributed by atoms with Crippen molar-refractivity contribution in [3.05, 3.63) is 35.4 Å². The fourth-order valence-electron chi connectivity index (χ4n) is 2.63. The number of carbonyl (C=O) groups is 1. The lowest BCUT2D eigenvalue weighted by atomic mass is 9.95. The molecule has 92 valence electrons. The molecule has 0 saturated heterocycles. The Bertz CT molecular complexity index is 374. The van der Waals surface area contributed by atoms with E-state index in [9.17, 15) is 4.79 Å². The zero-order valence-corrected chi connectivity index (χ0v) is 10.4. The molecule has 2 nitrogen and oxygen atoms in total. The second kappa shape index (κ2) is 5.35. The van der Waals surface area contributed by atoms with Crippen molar-refractivity contribution in [2.24, 2.45) is 5.92 Å². The zero-order chi connectivity index (χ0) is 12.3. The van der Waals surface area contributed by atoms with Crippen LogP contribution < -0.4 is 0 Å². The van der Waals surface area contributed by atoms with E-state index in [1.165, 1.54) is 31.2 Å². The first kappa shape index (κ1) is 12.2. The molecule has 0 heterocycles. The Balaban J connectivity index is 1.99. The number of carboxylic acid groups (broad SMARTS) is 1. The van der Waals surface area contributed by atoms with E-state index in [-0.39, 0.29) is 0 Å². The van der Waals surface area contributed by atoms with Gasteiger partial charge in [0, 0.05) is 0 Å². The highest BCUT2D eigenvalue weighted by Crippen LogP contribution is 2.28. The molecule has 0 aromatic heterocycles. The number of benzene rings is 1. The average Bonchev–Trinajstić information content (AvgIpc) is 2.82. The second-order valence-corrected chi connectivity index (χ2v) is 5.16. The molecule has 1 saturated carbocycles. The molecule has 1 unspecified atom stereocenters. The highest BCUT2D eigenvalue weighted by molar-refractivity contribution is 5.75. The zero-order valence-electron chi connectivity index (χ0n) is 10.4. The molecule has 0 radical (unpaired) electrons. The predicted octanol–water partition coefficient (Wildman–Crippen LogP) is 3.61. The lowest BCUT2D eigenvalue weighted by molar-refractivity contribution is -0.138. The first-order chi connectivity index (χ1) is 8.16. The maximum atomic E-state index is 10.9. The Morgan fingerprint density at radius 2 is 1.88 bits per heavy atom. The summed E-state index contributed by atoms with van der Waals surface area (Å²) in [4.78, 5) is 10.9. The smallest absolute Gasteiger partial charge is 0.310 e. The standard InChI is InChI=1S/C15H20O2/c1-11(15(16)17)14-8-6-13(7-9-14)10-12-4-2-3-5-12/h6-9,11-12H,2-5,10H2,1H3,(H,16,17). The average molecular weight is 232 g/mol. The quantitative estimate of drug-likeness (QED) is 0.861. The molecule has 1 aliphatic rings. The first-order valence-electron chi connectivity index (χ1n) is 6.48. The molecule has 0 bridgehead atoms. The topological polar surface area (TPSA) is 37.3 Å². The largest absolute Gasteiger partial charge is 0.481 e. The van der Waals surface area contributed by atoms with Gasteiger partial charge in [-0.1, -0.05) is 49.9 Å². The maximum Gasteiger partial charge on any atom is 0.310 e. The summed E-state index contributed by atoms with van der Waals surface area (Å²) < 4.78 is 0. The van der Waals surface area contributed by atoms with E-state index in [2.05, 4.69) is 12.1 Å². The summed E-state index contributed by atoms with van der Waals surface area (Å²) >= 11 is 0. The molecular weight excluding hydrogens is 212 g/mol. The van der Waals surface area contributed by atoms with Crippen LogP contribution in [0, 0.1) is 5.92 Å². The van der Waals surface area contributed by atoms with Crippen molar-refractivity contribution in [3.8, 4) is 0 Å². The number of carboxylic acids is 1. The number of aliphatic carboxylic acids is 1. The lowest BCUT2D eigenvalue weighted by Crippen LogP contribution is -2.07. The molecule has 1 aliphatic carbocycles. The summed E-state index contributed by atoms with van der Waals surface area (Å²) in [6, 6.07) is 8.10. The van der Waals surface area contributed by atoms with Crippen LogP contribution in [0.4, 0.5) is 0 Å². The molecular formula is C15H20O2. The molecule has 0 amide bonds. The third-order valence-electron chi connectivity index (χ3n) is 3.85. The van der Waals surface area contributed by atoms with Gasteiger partial charge < -0.3 is 5.11 Å². The molecule has 0 spiro atoms. The summed E-state index contributed by atoms with van der Waals surface area (Å²) in [7, 11) is 0. The Morgan fingerprint density at radius 1 is 1.29 bits per heavy atom. The molecule has 17 heavy (non-hydrogen) atoms. The van der Waals surface area contributed by atoms with E-state index in [0.717, 1.165) is 17.9 Å². The third-order valence-corrected chi connectivity index (χ3v) is 3.85. The monoisotopic (exact) mass is 232 g/mol. The van der Waals surface area contributed by atoms with Crippen LogP contribution in [0.25, 0.3) is 0 Å². The van der Waals surface area contributed by atoms with Crippen molar-refractivity contribution in [2.75, 3.05) is 0 Å². The van der Waals surface area contributed by atoms with Gasteiger partial charge >= 0.3 is 5.97 Å². The van der Waals surface area contributed by atoms with Gasteiger partial charge in [-0.05, 0) is 30.4 Å². The Morgan fingerprint density at radius 3 is 2.41 bits per heavy atom. The summed E-state index contributed by atoms with van der Waals surface area (Å²) in [5.41, 5.74) is 2.24. The van der Waals surface area contributed by atoms with Gasteiger partial charge in [-0.25, -0.2) is 0 Å². The summed E-state index contributed by atoms with van der Waals surface area (Å²) in [5, 5.41) is 8.93. The fraction of sp³-hybridized carbons (Fsp3) is 0.533. The Hall–Kier alpha value is -1.31. The van der Waals surface area contributed by atoms with E-state index in [4.69, 9.17) is 5.11 Å². The van der Waals surface area contributed by atoms with Crippen molar-refractivity contribution in [1.29, 1.82) is 0 Å². The van der Waals surface area contributed by atoms with Gasteiger partial charge in [-0.3, -0.25) is 4.79 Å². The van der Waals surface area contributed by atoms with Gasteiger partial charge in [0.2, 0.25) is 0 Å². The van der Waals surface area contributed by atoms with Crippen LogP contribution in [-0.2, 0) is 11.2 Å². The van der Waals surface area contributed by atoms with E-state index in [1.807, 2.05) is 12.1 Å². The lowest BCUT2D eigenvalue weighted by Gasteiger charge is -2.11. The van der Waals surface area contributed by atoms with Crippen LogP contribution >= 0.6 is 0 Å². The Kier molecular flexibility index (Phi) is 3.82. The molecule has 1 atom stereocenters.